The van der Waals surface area contributed by atoms with Crippen molar-refractivity contribution in [2.24, 2.45) is 0 Å². The topological polar surface area (TPSA) is 48.2 Å². The lowest BCUT2D eigenvalue weighted by molar-refractivity contribution is 0.286. The number of benzene rings is 2. The Morgan fingerprint density at radius 1 is 1.17 bits per heavy atom. The zero-order valence-electron chi connectivity index (χ0n) is 13.9. The van der Waals surface area contributed by atoms with Crippen LogP contribution >= 0.6 is 11.6 Å². The number of hydrogen-bond donors (Lipinski definition) is 0. The fraction of sp³-hybridized carbons (Fsp3) is 0.263. The van der Waals surface area contributed by atoms with Crippen LogP contribution in [-0.4, -0.2) is 10.1 Å². The maximum absolute atomic E-state index is 5.98. The molecule has 0 aliphatic carbocycles. The van der Waals surface area contributed by atoms with Crippen molar-refractivity contribution in [3.8, 4) is 17.2 Å². The highest BCUT2D eigenvalue weighted by molar-refractivity contribution is 6.30. The van der Waals surface area contributed by atoms with Crippen LogP contribution in [0.25, 0.3) is 11.5 Å². The van der Waals surface area contributed by atoms with Gasteiger partial charge in [0.15, 0.2) is 6.61 Å². The zero-order chi connectivity index (χ0) is 17.1. The van der Waals surface area contributed by atoms with E-state index in [9.17, 15) is 0 Å². The Labute approximate surface area is 146 Å². The van der Waals surface area contributed by atoms with Crippen molar-refractivity contribution >= 4 is 11.6 Å². The van der Waals surface area contributed by atoms with Crippen molar-refractivity contribution in [3.63, 3.8) is 0 Å². The molecule has 5 heteroatoms. The summed E-state index contributed by atoms with van der Waals surface area (Å²) in [4.78, 5) is 4.36. The predicted octanol–water partition coefficient (Wildman–Crippen LogP) is 5.40. The van der Waals surface area contributed by atoms with Crippen molar-refractivity contribution in [1.82, 2.24) is 10.1 Å². The normalized spacial score (nSPS) is 11.0. The first-order valence-electron chi connectivity index (χ1n) is 7.84. The summed E-state index contributed by atoms with van der Waals surface area (Å²) >= 11 is 5.98. The first-order chi connectivity index (χ1) is 11.5. The van der Waals surface area contributed by atoms with Gasteiger partial charge in [0, 0.05) is 10.6 Å². The summed E-state index contributed by atoms with van der Waals surface area (Å²) < 4.78 is 11.1. The number of ether oxygens (including phenoxy) is 1. The average Bonchev–Trinajstić information content (AvgIpc) is 3.01. The molecule has 0 radical (unpaired) electrons. The van der Waals surface area contributed by atoms with E-state index in [0.29, 0.717) is 22.7 Å². The Balaban J connectivity index is 1.72. The minimum absolute atomic E-state index is 0.255. The third-order valence-corrected chi connectivity index (χ3v) is 3.88. The summed E-state index contributed by atoms with van der Waals surface area (Å²) in [6.45, 7) is 6.64. The molecule has 0 saturated heterocycles. The highest BCUT2D eigenvalue weighted by atomic mass is 35.5. The molecule has 1 aromatic heterocycles. The van der Waals surface area contributed by atoms with Crippen LogP contribution in [0.5, 0.6) is 5.75 Å². The van der Waals surface area contributed by atoms with Crippen LogP contribution in [0.2, 0.25) is 5.02 Å². The van der Waals surface area contributed by atoms with Gasteiger partial charge in [0.25, 0.3) is 5.89 Å². The molecule has 0 aliphatic heterocycles. The van der Waals surface area contributed by atoms with E-state index >= 15 is 0 Å². The largest absolute Gasteiger partial charge is 0.485 e. The number of rotatable bonds is 5. The van der Waals surface area contributed by atoms with Crippen LogP contribution in [-0.2, 0) is 6.61 Å². The predicted molar refractivity (Wildman–Crippen MR) is 94.3 cm³/mol. The van der Waals surface area contributed by atoms with Crippen molar-refractivity contribution in [3.05, 3.63) is 64.4 Å². The third kappa shape index (κ3) is 3.95. The average molecular weight is 343 g/mol. The summed E-state index contributed by atoms with van der Waals surface area (Å²) in [5.74, 6) is 2.19. The molecule has 3 rings (SSSR count). The molecule has 1 heterocycles. The second kappa shape index (κ2) is 7.05. The molecule has 0 atom stereocenters. The molecule has 0 bridgehead atoms. The highest BCUT2D eigenvalue weighted by Crippen LogP contribution is 2.24. The maximum Gasteiger partial charge on any atom is 0.258 e. The first kappa shape index (κ1) is 16.5. The van der Waals surface area contributed by atoms with Gasteiger partial charge in [-0.1, -0.05) is 42.7 Å². The number of aromatic nitrogens is 2. The number of halogens is 1. The monoisotopic (exact) mass is 342 g/mol. The Morgan fingerprint density at radius 3 is 2.75 bits per heavy atom. The minimum Gasteiger partial charge on any atom is -0.485 e. The van der Waals surface area contributed by atoms with E-state index in [1.165, 1.54) is 11.1 Å². The van der Waals surface area contributed by atoms with Crippen molar-refractivity contribution in [2.45, 2.75) is 33.3 Å². The molecule has 0 fully saturated rings. The summed E-state index contributed by atoms with van der Waals surface area (Å²) in [5.41, 5.74) is 3.21. The van der Waals surface area contributed by atoms with Gasteiger partial charge in [-0.2, -0.15) is 4.98 Å². The van der Waals surface area contributed by atoms with Gasteiger partial charge in [0.05, 0.1) is 0 Å². The number of hydrogen-bond acceptors (Lipinski definition) is 4. The zero-order valence-corrected chi connectivity index (χ0v) is 14.7. The lowest BCUT2D eigenvalue weighted by atomic mass is 10.0. The summed E-state index contributed by atoms with van der Waals surface area (Å²) in [5, 5.41) is 4.59. The van der Waals surface area contributed by atoms with Crippen LogP contribution in [0.15, 0.2) is 47.0 Å². The fourth-order valence-electron chi connectivity index (χ4n) is 2.39. The highest BCUT2D eigenvalue weighted by Gasteiger charge is 2.10. The van der Waals surface area contributed by atoms with E-state index in [4.69, 9.17) is 20.9 Å². The maximum atomic E-state index is 5.98. The smallest absolute Gasteiger partial charge is 0.258 e. The van der Waals surface area contributed by atoms with Crippen molar-refractivity contribution in [1.29, 1.82) is 0 Å². The lowest BCUT2D eigenvalue weighted by Crippen LogP contribution is -1.99. The Bertz CT molecular complexity index is 843. The second-order valence-corrected chi connectivity index (χ2v) is 6.49. The first-order valence-corrected chi connectivity index (χ1v) is 8.22. The molecule has 0 saturated carbocycles. The molecule has 124 valence electrons. The molecule has 0 unspecified atom stereocenters. The van der Waals surface area contributed by atoms with Gasteiger partial charge in [-0.15, -0.1) is 0 Å². The van der Waals surface area contributed by atoms with Gasteiger partial charge >= 0.3 is 0 Å². The summed E-state index contributed by atoms with van der Waals surface area (Å²) in [6.07, 6.45) is 0. The standard InChI is InChI=1S/C19H19ClN2O2/c1-12(2)15-7-13(3)8-17(10-15)23-11-18-21-19(24-22-18)14-5-4-6-16(20)9-14/h4-10,12H,11H2,1-3H3. The minimum atomic E-state index is 0.255. The molecular weight excluding hydrogens is 324 g/mol. The Morgan fingerprint density at radius 2 is 2.00 bits per heavy atom. The van der Waals surface area contributed by atoms with Gasteiger partial charge in [-0.25, -0.2) is 0 Å². The van der Waals surface area contributed by atoms with E-state index in [2.05, 4.69) is 43.0 Å². The van der Waals surface area contributed by atoms with Crippen LogP contribution in [0.1, 0.15) is 36.7 Å². The summed E-state index contributed by atoms with van der Waals surface area (Å²) in [6, 6.07) is 13.5. The summed E-state index contributed by atoms with van der Waals surface area (Å²) in [7, 11) is 0. The van der Waals surface area contributed by atoms with Gasteiger partial charge in [-0.3, -0.25) is 0 Å². The Kier molecular flexibility index (Phi) is 4.86. The number of aryl methyl sites for hydroxylation is 1. The van der Waals surface area contributed by atoms with Gasteiger partial charge in [0.1, 0.15) is 5.75 Å². The van der Waals surface area contributed by atoms with Crippen molar-refractivity contribution in [2.75, 3.05) is 0 Å². The Hall–Kier alpha value is -2.33. The third-order valence-electron chi connectivity index (χ3n) is 3.65. The molecule has 0 spiro atoms. The molecule has 0 N–H and O–H groups in total. The van der Waals surface area contributed by atoms with Gasteiger partial charge < -0.3 is 9.26 Å². The van der Waals surface area contributed by atoms with Crippen LogP contribution in [0.4, 0.5) is 0 Å². The molecule has 24 heavy (non-hydrogen) atoms. The SMILES string of the molecule is Cc1cc(OCc2noc(-c3cccc(Cl)c3)n2)cc(C(C)C)c1. The van der Waals surface area contributed by atoms with Crippen LogP contribution in [0.3, 0.4) is 0 Å². The van der Waals surface area contributed by atoms with Gasteiger partial charge in [0.2, 0.25) is 5.82 Å². The van der Waals surface area contributed by atoms with Gasteiger partial charge in [-0.05, 0) is 54.3 Å². The molecule has 2 aromatic carbocycles. The van der Waals surface area contributed by atoms with E-state index < -0.39 is 0 Å². The molecule has 0 amide bonds. The fourth-order valence-corrected chi connectivity index (χ4v) is 2.58. The molecular formula is C19H19ClN2O2. The molecule has 4 nitrogen and oxygen atoms in total. The lowest BCUT2D eigenvalue weighted by Gasteiger charge is -2.10. The second-order valence-electron chi connectivity index (χ2n) is 6.05. The molecule has 0 aliphatic rings. The quantitative estimate of drug-likeness (QED) is 0.622. The van der Waals surface area contributed by atoms with E-state index in [-0.39, 0.29) is 6.61 Å². The van der Waals surface area contributed by atoms with E-state index in [1.807, 2.05) is 18.2 Å². The van der Waals surface area contributed by atoms with Crippen LogP contribution < -0.4 is 4.74 Å². The van der Waals surface area contributed by atoms with E-state index in [0.717, 1.165) is 11.3 Å². The number of nitrogens with zero attached hydrogens (tertiary/aromatic N) is 2. The van der Waals surface area contributed by atoms with E-state index in [1.54, 1.807) is 12.1 Å². The van der Waals surface area contributed by atoms with Crippen LogP contribution in [0, 0.1) is 6.92 Å². The molecule has 3 aromatic rings. The van der Waals surface area contributed by atoms with Crippen molar-refractivity contribution < 1.29 is 9.26 Å².